The fraction of sp³-hybridized carbons (Fsp3) is 0.333. The molecule has 0 unspecified atom stereocenters. The molecule has 76 valence electrons. The van der Waals surface area contributed by atoms with Gasteiger partial charge in [0.15, 0.2) is 0 Å². The molecule has 2 N–H and O–H groups in total. The van der Waals surface area contributed by atoms with E-state index in [0.29, 0.717) is 22.8 Å². The van der Waals surface area contributed by atoms with Crippen LogP contribution in [0.1, 0.15) is 12.5 Å². The van der Waals surface area contributed by atoms with E-state index in [-0.39, 0.29) is 0 Å². The summed E-state index contributed by atoms with van der Waals surface area (Å²) in [5, 5.41) is 18.6. The molecule has 1 aromatic carbocycles. The summed E-state index contributed by atoms with van der Waals surface area (Å²) in [5.41, 5.74) is 1.14. The van der Waals surface area contributed by atoms with Gasteiger partial charge in [-0.25, -0.2) is 0 Å². The lowest BCUT2D eigenvalue weighted by atomic mass is 9.79. The van der Waals surface area contributed by atoms with Crippen LogP contribution in [0, 0.1) is 6.92 Å². The molecule has 0 bridgehead atoms. The quantitative estimate of drug-likeness (QED) is 0.729. The second-order valence-corrected chi connectivity index (χ2v) is 3.30. The number of hydrogen-bond donors (Lipinski definition) is 2. The van der Waals surface area contributed by atoms with Gasteiger partial charge in [-0.15, -0.1) is 0 Å². The van der Waals surface area contributed by atoms with Crippen LogP contribution in [0.4, 0.5) is 0 Å². The van der Waals surface area contributed by atoms with Crippen molar-refractivity contribution in [2.24, 2.45) is 0 Å². The molecule has 0 aliphatic rings. The molecular formula is C9H12BClO3. The minimum Gasteiger partial charge on any atom is -0.493 e. The lowest BCUT2D eigenvalue weighted by Crippen LogP contribution is -2.31. The second-order valence-electron chi connectivity index (χ2n) is 2.92. The molecule has 3 nitrogen and oxygen atoms in total. The van der Waals surface area contributed by atoms with Crippen molar-refractivity contribution in [3.8, 4) is 5.75 Å². The number of ether oxygens (including phenoxy) is 1. The first-order valence-corrected chi connectivity index (χ1v) is 4.73. The summed E-state index contributed by atoms with van der Waals surface area (Å²) in [7, 11) is -1.56. The third-order valence-corrected chi connectivity index (χ3v) is 2.36. The maximum atomic E-state index is 9.06. The van der Waals surface area contributed by atoms with Crippen molar-refractivity contribution in [1.82, 2.24) is 0 Å². The highest BCUT2D eigenvalue weighted by Crippen LogP contribution is 2.25. The van der Waals surface area contributed by atoms with E-state index < -0.39 is 7.12 Å². The summed E-state index contributed by atoms with van der Waals surface area (Å²) in [5.74, 6) is 0.351. The minimum absolute atomic E-state index is 0.294. The smallest absolute Gasteiger partial charge is 0.492 e. The van der Waals surface area contributed by atoms with Gasteiger partial charge in [-0.05, 0) is 19.4 Å². The summed E-state index contributed by atoms with van der Waals surface area (Å²) < 4.78 is 5.26. The zero-order chi connectivity index (χ0) is 10.7. The molecular weight excluding hydrogens is 202 g/mol. The van der Waals surface area contributed by atoms with E-state index >= 15 is 0 Å². The Labute approximate surface area is 88.4 Å². The highest BCUT2D eigenvalue weighted by Gasteiger charge is 2.20. The van der Waals surface area contributed by atoms with E-state index in [1.54, 1.807) is 12.1 Å². The zero-order valence-corrected chi connectivity index (χ0v) is 8.88. The van der Waals surface area contributed by atoms with Crippen molar-refractivity contribution in [3.05, 3.63) is 22.7 Å². The highest BCUT2D eigenvalue weighted by atomic mass is 35.5. The molecule has 0 radical (unpaired) electrons. The Bertz CT molecular complexity index is 328. The molecule has 0 atom stereocenters. The molecule has 0 fully saturated rings. The van der Waals surface area contributed by atoms with Gasteiger partial charge in [-0.1, -0.05) is 23.7 Å². The standard InChI is InChI=1S/C9H12BClO3/c1-3-14-9-7(10(12)13)5-4-6(2)8(9)11/h4-5,12-13H,3H2,1-2H3. The first-order chi connectivity index (χ1) is 6.57. The van der Waals surface area contributed by atoms with Gasteiger partial charge >= 0.3 is 7.12 Å². The maximum absolute atomic E-state index is 9.06. The van der Waals surface area contributed by atoms with Crippen LogP contribution in [0.25, 0.3) is 0 Å². The Kier molecular flexibility index (Phi) is 3.81. The second kappa shape index (κ2) is 4.69. The first-order valence-electron chi connectivity index (χ1n) is 4.35. The number of benzene rings is 1. The fourth-order valence-corrected chi connectivity index (χ4v) is 1.39. The largest absolute Gasteiger partial charge is 0.493 e. The molecule has 0 saturated heterocycles. The third kappa shape index (κ3) is 2.21. The van der Waals surface area contributed by atoms with Crippen molar-refractivity contribution >= 4 is 24.2 Å². The number of rotatable bonds is 3. The summed E-state index contributed by atoms with van der Waals surface area (Å²) >= 11 is 5.97. The molecule has 1 rings (SSSR count). The third-order valence-electron chi connectivity index (χ3n) is 1.89. The number of aryl methyl sites for hydroxylation is 1. The molecule has 5 heteroatoms. The van der Waals surface area contributed by atoms with Crippen molar-refractivity contribution in [1.29, 1.82) is 0 Å². The highest BCUT2D eigenvalue weighted by molar-refractivity contribution is 6.60. The topological polar surface area (TPSA) is 49.7 Å². The average molecular weight is 214 g/mol. The summed E-state index contributed by atoms with van der Waals surface area (Å²) in [6.45, 7) is 4.08. The van der Waals surface area contributed by atoms with E-state index in [2.05, 4.69) is 0 Å². The van der Waals surface area contributed by atoms with Crippen LogP contribution in [-0.4, -0.2) is 23.8 Å². The first kappa shape index (κ1) is 11.4. The normalized spacial score (nSPS) is 10.1. The fourth-order valence-electron chi connectivity index (χ4n) is 1.16. The predicted octanol–water partition coefficient (Wildman–Crippen LogP) is 0.727. The minimum atomic E-state index is -1.56. The molecule has 0 aliphatic heterocycles. The van der Waals surface area contributed by atoms with Gasteiger partial charge in [0.1, 0.15) is 5.75 Å². The molecule has 0 heterocycles. The van der Waals surface area contributed by atoms with Gasteiger partial charge in [-0.3, -0.25) is 0 Å². The van der Waals surface area contributed by atoms with Crippen LogP contribution in [0.2, 0.25) is 5.02 Å². The van der Waals surface area contributed by atoms with Crippen molar-refractivity contribution < 1.29 is 14.8 Å². The van der Waals surface area contributed by atoms with Crippen LogP contribution in [0.3, 0.4) is 0 Å². The average Bonchev–Trinajstić information content (AvgIpc) is 2.13. The van der Waals surface area contributed by atoms with E-state index in [1.807, 2.05) is 13.8 Å². The monoisotopic (exact) mass is 214 g/mol. The van der Waals surface area contributed by atoms with Crippen LogP contribution in [0.5, 0.6) is 5.75 Å². The van der Waals surface area contributed by atoms with Crippen molar-refractivity contribution in [3.63, 3.8) is 0 Å². The van der Waals surface area contributed by atoms with E-state index in [4.69, 9.17) is 26.4 Å². The van der Waals surface area contributed by atoms with Crippen LogP contribution < -0.4 is 10.2 Å². The Morgan fingerprint density at radius 3 is 2.57 bits per heavy atom. The van der Waals surface area contributed by atoms with Gasteiger partial charge in [0.25, 0.3) is 0 Å². The van der Waals surface area contributed by atoms with Crippen LogP contribution in [-0.2, 0) is 0 Å². The molecule has 0 amide bonds. The van der Waals surface area contributed by atoms with Gasteiger partial charge < -0.3 is 14.8 Å². The summed E-state index contributed by atoms with van der Waals surface area (Å²) in [4.78, 5) is 0. The SMILES string of the molecule is CCOc1c(B(O)O)ccc(C)c1Cl. The number of hydrogen-bond acceptors (Lipinski definition) is 3. The Morgan fingerprint density at radius 1 is 1.43 bits per heavy atom. The Morgan fingerprint density at radius 2 is 2.07 bits per heavy atom. The predicted molar refractivity (Wildman–Crippen MR) is 57.2 cm³/mol. The van der Waals surface area contributed by atoms with Crippen LogP contribution in [0.15, 0.2) is 12.1 Å². The van der Waals surface area contributed by atoms with Crippen molar-refractivity contribution in [2.45, 2.75) is 13.8 Å². The van der Waals surface area contributed by atoms with Gasteiger partial charge in [0.05, 0.1) is 11.6 Å². The van der Waals surface area contributed by atoms with E-state index in [9.17, 15) is 0 Å². The molecule has 0 spiro atoms. The lowest BCUT2D eigenvalue weighted by molar-refractivity contribution is 0.340. The van der Waals surface area contributed by atoms with Gasteiger partial charge in [0.2, 0.25) is 0 Å². The zero-order valence-electron chi connectivity index (χ0n) is 8.12. The summed E-state index contributed by atoms with van der Waals surface area (Å²) in [6, 6.07) is 3.32. The molecule has 0 aliphatic carbocycles. The van der Waals surface area contributed by atoms with E-state index in [1.165, 1.54) is 0 Å². The van der Waals surface area contributed by atoms with Crippen LogP contribution >= 0.6 is 11.6 Å². The molecule has 0 aromatic heterocycles. The van der Waals surface area contributed by atoms with Crippen molar-refractivity contribution in [2.75, 3.05) is 6.61 Å². The molecule has 14 heavy (non-hydrogen) atoms. The molecule has 1 aromatic rings. The summed E-state index contributed by atoms with van der Waals surface area (Å²) in [6.07, 6.45) is 0. The lowest BCUT2D eigenvalue weighted by Gasteiger charge is -2.12. The molecule has 0 saturated carbocycles. The van der Waals surface area contributed by atoms with Gasteiger partial charge in [-0.2, -0.15) is 0 Å². The Hall–Kier alpha value is -0.705. The maximum Gasteiger partial charge on any atom is 0.492 e. The number of halogens is 1. The van der Waals surface area contributed by atoms with E-state index in [0.717, 1.165) is 5.56 Å². The Balaban J connectivity index is 3.22. The van der Waals surface area contributed by atoms with Gasteiger partial charge in [0, 0.05) is 5.46 Å².